The first kappa shape index (κ1) is 17.3. The Hall–Kier alpha value is -2.57. The van der Waals surface area contributed by atoms with Crippen LogP contribution in [0.4, 0.5) is 0 Å². The van der Waals surface area contributed by atoms with Crippen molar-refractivity contribution in [2.24, 2.45) is 0 Å². The van der Waals surface area contributed by atoms with Crippen molar-refractivity contribution < 1.29 is 14.6 Å². The van der Waals surface area contributed by atoms with Crippen molar-refractivity contribution in [2.75, 3.05) is 7.11 Å². The molecule has 0 aliphatic rings. The van der Waals surface area contributed by atoms with Gasteiger partial charge in [0.2, 0.25) is 0 Å². The quantitative estimate of drug-likeness (QED) is 0.678. The number of carbonyl (C=O) groups excluding carboxylic acids is 1. The molecule has 128 valence electrons. The number of rotatable bonds is 4. The second-order valence-electron chi connectivity index (χ2n) is 5.19. The molecule has 6 nitrogen and oxygen atoms in total. The minimum Gasteiger partial charge on any atom is -0.504 e. The van der Waals surface area contributed by atoms with Crippen LogP contribution >= 0.6 is 23.2 Å². The third-order valence-electron chi connectivity index (χ3n) is 3.56. The average molecular weight is 378 g/mol. The van der Waals surface area contributed by atoms with Crippen molar-refractivity contribution in [1.29, 1.82) is 0 Å². The first-order valence-corrected chi connectivity index (χ1v) is 8.00. The number of nitrogens with one attached hydrogen (secondary N) is 1. The molecule has 0 saturated carbocycles. The zero-order chi connectivity index (χ0) is 18.0. The summed E-state index contributed by atoms with van der Waals surface area (Å²) in [6, 6.07) is 8.84. The van der Waals surface area contributed by atoms with Crippen molar-refractivity contribution in [3.63, 3.8) is 0 Å². The number of carbonyl (C=O) groups is 1. The summed E-state index contributed by atoms with van der Waals surface area (Å²) in [4.78, 5) is 20.4. The number of aromatic nitrogens is 2. The number of hydrogen-bond donors (Lipinski definition) is 2. The summed E-state index contributed by atoms with van der Waals surface area (Å²) < 4.78 is 5.15. The van der Waals surface area contributed by atoms with Crippen LogP contribution in [0.25, 0.3) is 10.9 Å². The summed E-state index contributed by atoms with van der Waals surface area (Å²) in [5, 5.41) is 12.8. The molecule has 0 radical (unpaired) electrons. The lowest BCUT2D eigenvalue weighted by Crippen LogP contribution is -2.23. The lowest BCUT2D eigenvalue weighted by Gasteiger charge is -2.08. The van der Waals surface area contributed by atoms with Gasteiger partial charge in [0.15, 0.2) is 10.9 Å². The summed E-state index contributed by atoms with van der Waals surface area (Å²) in [5.74, 6) is 0.0311. The Labute approximate surface area is 153 Å². The Kier molecular flexibility index (Phi) is 4.92. The first-order valence-electron chi connectivity index (χ1n) is 7.24. The minimum absolute atomic E-state index is 0.0471. The van der Waals surface area contributed by atoms with E-state index in [0.717, 1.165) is 5.56 Å². The molecule has 8 heteroatoms. The van der Waals surface area contributed by atoms with Gasteiger partial charge < -0.3 is 15.2 Å². The van der Waals surface area contributed by atoms with Crippen LogP contribution in [-0.4, -0.2) is 28.1 Å². The molecule has 3 rings (SSSR count). The topological polar surface area (TPSA) is 84.3 Å². The average Bonchev–Trinajstić information content (AvgIpc) is 2.64. The molecule has 3 aromatic rings. The second kappa shape index (κ2) is 7.13. The van der Waals surface area contributed by atoms with E-state index in [-0.39, 0.29) is 27.5 Å². The maximum absolute atomic E-state index is 12.3. The van der Waals surface area contributed by atoms with E-state index < -0.39 is 0 Å². The number of halogens is 2. The van der Waals surface area contributed by atoms with Gasteiger partial charge in [0, 0.05) is 18.1 Å². The summed E-state index contributed by atoms with van der Waals surface area (Å²) in [6.07, 6.45) is 1.38. The van der Waals surface area contributed by atoms with Crippen LogP contribution in [0.3, 0.4) is 0 Å². The lowest BCUT2D eigenvalue weighted by molar-refractivity contribution is 0.0946. The van der Waals surface area contributed by atoms with E-state index in [1.165, 1.54) is 12.3 Å². The number of methoxy groups -OCH3 is 1. The third kappa shape index (κ3) is 3.60. The number of aromatic hydroxyl groups is 1. The zero-order valence-electron chi connectivity index (χ0n) is 13.1. The molecular formula is C17H13Cl2N3O3. The van der Waals surface area contributed by atoms with Gasteiger partial charge in [0.25, 0.3) is 5.91 Å². The maximum atomic E-state index is 12.3. The third-order valence-corrected chi connectivity index (χ3v) is 4.21. The summed E-state index contributed by atoms with van der Waals surface area (Å²) in [5.41, 5.74) is 1.43. The largest absolute Gasteiger partial charge is 0.504 e. The molecule has 2 heterocycles. The van der Waals surface area contributed by atoms with Gasteiger partial charge in [-0.3, -0.25) is 9.78 Å². The van der Waals surface area contributed by atoms with E-state index in [4.69, 9.17) is 27.9 Å². The summed E-state index contributed by atoms with van der Waals surface area (Å²) in [6.45, 7) is 0.320. The Bertz CT molecular complexity index is 963. The van der Waals surface area contributed by atoms with Crippen LogP contribution in [0.2, 0.25) is 10.2 Å². The van der Waals surface area contributed by atoms with Crippen molar-refractivity contribution in [3.05, 3.63) is 58.0 Å². The molecule has 2 aromatic heterocycles. The Morgan fingerprint density at radius 3 is 2.88 bits per heavy atom. The highest BCUT2D eigenvalue weighted by Gasteiger charge is 2.14. The molecule has 1 aromatic carbocycles. The molecule has 0 aliphatic heterocycles. The Balaban J connectivity index is 1.81. The van der Waals surface area contributed by atoms with Gasteiger partial charge in [-0.2, -0.15) is 0 Å². The van der Waals surface area contributed by atoms with E-state index in [1.807, 2.05) is 24.3 Å². The molecule has 0 fully saturated rings. The van der Waals surface area contributed by atoms with Gasteiger partial charge in [-0.25, -0.2) is 4.98 Å². The van der Waals surface area contributed by atoms with Crippen LogP contribution in [0.15, 0.2) is 36.5 Å². The van der Waals surface area contributed by atoms with E-state index >= 15 is 0 Å². The number of hydrogen-bond acceptors (Lipinski definition) is 5. The molecule has 25 heavy (non-hydrogen) atoms. The maximum Gasteiger partial charge on any atom is 0.270 e. The molecule has 2 N–H and O–H groups in total. The fourth-order valence-corrected chi connectivity index (χ4v) is 2.73. The van der Waals surface area contributed by atoms with Crippen LogP contribution < -0.4 is 10.1 Å². The number of nitrogens with zero attached hydrogens (tertiary/aromatic N) is 2. The van der Waals surface area contributed by atoms with E-state index in [0.29, 0.717) is 23.2 Å². The van der Waals surface area contributed by atoms with Crippen LogP contribution in [0.5, 0.6) is 11.5 Å². The normalized spacial score (nSPS) is 10.7. The number of pyridine rings is 2. The highest BCUT2D eigenvalue weighted by atomic mass is 35.5. The molecule has 1 amide bonds. The number of fused-ring (bicyclic) bond motifs is 1. The molecule has 0 aliphatic carbocycles. The van der Waals surface area contributed by atoms with Crippen molar-refractivity contribution in [3.8, 4) is 11.5 Å². The van der Waals surface area contributed by atoms with Gasteiger partial charge in [-0.1, -0.05) is 35.3 Å². The van der Waals surface area contributed by atoms with Gasteiger partial charge in [0.1, 0.15) is 11.4 Å². The molecule has 0 bridgehead atoms. The fourth-order valence-electron chi connectivity index (χ4n) is 2.26. The number of amides is 1. The van der Waals surface area contributed by atoms with Gasteiger partial charge in [-0.05, 0) is 23.8 Å². The Morgan fingerprint density at radius 2 is 2.12 bits per heavy atom. The van der Waals surface area contributed by atoms with Crippen LogP contribution in [-0.2, 0) is 6.54 Å². The van der Waals surface area contributed by atoms with Crippen molar-refractivity contribution in [1.82, 2.24) is 15.3 Å². The fraction of sp³-hybridized carbons (Fsp3) is 0.118. The lowest BCUT2D eigenvalue weighted by atomic mass is 10.2. The van der Waals surface area contributed by atoms with Crippen molar-refractivity contribution >= 4 is 40.0 Å². The van der Waals surface area contributed by atoms with E-state index in [2.05, 4.69) is 15.3 Å². The van der Waals surface area contributed by atoms with Crippen LogP contribution in [0, 0.1) is 0 Å². The molecular weight excluding hydrogens is 365 g/mol. The van der Waals surface area contributed by atoms with Gasteiger partial charge in [0.05, 0.1) is 17.6 Å². The van der Waals surface area contributed by atoms with Gasteiger partial charge >= 0.3 is 0 Å². The van der Waals surface area contributed by atoms with Gasteiger partial charge in [-0.15, -0.1) is 0 Å². The van der Waals surface area contributed by atoms with Crippen molar-refractivity contribution in [2.45, 2.75) is 6.54 Å². The van der Waals surface area contributed by atoms with E-state index in [9.17, 15) is 9.90 Å². The first-order chi connectivity index (χ1) is 12.0. The van der Waals surface area contributed by atoms with Crippen LogP contribution in [0.1, 0.15) is 16.1 Å². The monoisotopic (exact) mass is 377 g/mol. The van der Waals surface area contributed by atoms with E-state index in [1.54, 1.807) is 7.11 Å². The predicted octanol–water partition coefficient (Wildman–Crippen LogP) is 3.58. The smallest absolute Gasteiger partial charge is 0.270 e. The summed E-state index contributed by atoms with van der Waals surface area (Å²) >= 11 is 11.8. The number of benzene rings is 1. The molecule has 0 saturated heterocycles. The SMILES string of the molecule is COc1cccc(CNC(=O)c2cc3nc(Cl)c(O)c(Cl)c3cn2)c1. The Morgan fingerprint density at radius 1 is 1.32 bits per heavy atom. The highest BCUT2D eigenvalue weighted by molar-refractivity contribution is 6.40. The molecule has 0 unspecified atom stereocenters. The molecule has 0 atom stereocenters. The second-order valence-corrected chi connectivity index (χ2v) is 5.92. The number of ether oxygens (including phenoxy) is 1. The highest BCUT2D eigenvalue weighted by Crippen LogP contribution is 2.35. The molecule has 0 spiro atoms. The minimum atomic E-state index is -0.369. The standard InChI is InChI=1S/C17H13Cl2N3O3/c1-25-10-4-2-3-9(5-10)7-21-17(24)13-6-12-11(8-20-13)14(18)15(23)16(19)22-12/h2-6,8,23H,7H2,1H3,(H,21,24). The predicted molar refractivity (Wildman–Crippen MR) is 95.4 cm³/mol. The zero-order valence-corrected chi connectivity index (χ0v) is 14.6. The summed E-state index contributed by atoms with van der Waals surface area (Å²) in [7, 11) is 1.58.